The van der Waals surface area contributed by atoms with Gasteiger partial charge >= 0.3 is 6.09 Å². The molecule has 0 aliphatic rings. The molecule has 20 heavy (non-hydrogen) atoms. The highest BCUT2D eigenvalue weighted by molar-refractivity contribution is 5.84. The average Bonchev–Trinajstić information content (AvgIpc) is 2.44. The molecule has 1 rings (SSSR count). The van der Waals surface area contributed by atoms with E-state index < -0.39 is 6.09 Å². The number of nitrogens with one attached hydrogen (secondary N) is 2. The minimum Gasteiger partial charge on any atom is -0.453 e. The molecule has 4 N–H and O–H groups in total. The van der Waals surface area contributed by atoms with Crippen molar-refractivity contribution in [2.24, 2.45) is 10.7 Å². The summed E-state index contributed by atoms with van der Waals surface area (Å²) in [7, 11) is 1.32. The Balaban J connectivity index is 2.50. The van der Waals surface area contributed by atoms with Gasteiger partial charge in [0.05, 0.1) is 13.7 Å². The van der Waals surface area contributed by atoms with Crippen LogP contribution in [0.25, 0.3) is 0 Å². The van der Waals surface area contributed by atoms with Crippen molar-refractivity contribution < 1.29 is 9.53 Å². The summed E-state index contributed by atoms with van der Waals surface area (Å²) in [6.07, 6.45) is -0.496. The molecule has 6 nitrogen and oxygen atoms in total. The van der Waals surface area contributed by atoms with Crippen LogP contribution in [-0.2, 0) is 11.3 Å². The monoisotopic (exact) mass is 276 g/mol. The molecule has 0 fully saturated rings. The van der Waals surface area contributed by atoms with Crippen molar-refractivity contribution in [1.82, 2.24) is 5.32 Å². The summed E-state index contributed by atoms with van der Waals surface area (Å²) in [5.74, 6) is 0.379. The standard InChI is InChI=1S/C14H20N4O2/c1-10(2)8-16-13(15)17-9-11-4-6-12(7-5-11)18-14(19)20-3/h4-7H,1,8-9H2,2-3H3,(H,18,19)(H3,15,16,17). The van der Waals surface area contributed by atoms with Gasteiger partial charge in [0.25, 0.3) is 0 Å². The van der Waals surface area contributed by atoms with Crippen LogP contribution in [-0.4, -0.2) is 25.7 Å². The van der Waals surface area contributed by atoms with E-state index in [2.05, 4.69) is 26.9 Å². The molecule has 0 unspecified atom stereocenters. The molecule has 0 aliphatic carbocycles. The summed E-state index contributed by atoms with van der Waals surface area (Å²) in [5, 5.41) is 5.52. The van der Waals surface area contributed by atoms with Crippen molar-refractivity contribution in [3.8, 4) is 0 Å². The van der Waals surface area contributed by atoms with E-state index in [-0.39, 0.29) is 0 Å². The van der Waals surface area contributed by atoms with Gasteiger partial charge < -0.3 is 15.8 Å². The van der Waals surface area contributed by atoms with Gasteiger partial charge in [0.1, 0.15) is 0 Å². The number of benzene rings is 1. The number of hydrogen-bond acceptors (Lipinski definition) is 3. The van der Waals surface area contributed by atoms with Crippen LogP contribution in [0, 0.1) is 0 Å². The number of nitrogens with two attached hydrogens (primary N) is 1. The van der Waals surface area contributed by atoms with E-state index in [1.807, 2.05) is 19.1 Å². The number of rotatable bonds is 5. The number of ether oxygens (including phenoxy) is 1. The Hall–Kier alpha value is -2.50. The van der Waals surface area contributed by atoms with Gasteiger partial charge in [0, 0.05) is 12.2 Å². The molecule has 0 spiro atoms. The predicted octanol–water partition coefficient (Wildman–Crippen LogP) is 1.85. The van der Waals surface area contributed by atoms with Crippen LogP contribution >= 0.6 is 0 Å². The topological polar surface area (TPSA) is 88.7 Å². The van der Waals surface area contributed by atoms with Crippen molar-refractivity contribution in [2.75, 3.05) is 19.0 Å². The highest BCUT2D eigenvalue weighted by atomic mass is 16.5. The molecule has 0 atom stereocenters. The van der Waals surface area contributed by atoms with Crippen molar-refractivity contribution in [3.63, 3.8) is 0 Å². The lowest BCUT2D eigenvalue weighted by Crippen LogP contribution is -2.32. The van der Waals surface area contributed by atoms with Gasteiger partial charge in [-0.3, -0.25) is 5.32 Å². The van der Waals surface area contributed by atoms with E-state index in [9.17, 15) is 4.79 Å². The van der Waals surface area contributed by atoms with Crippen LogP contribution in [0.1, 0.15) is 12.5 Å². The number of aliphatic imine (C=N–C) groups is 1. The average molecular weight is 276 g/mol. The lowest BCUT2D eigenvalue weighted by Gasteiger charge is -2.06. The first-order chi connectivity index (χ1) is 9.51. The number of carbonyl (C=O) groups is 1. The van der Waals surface area contributed by atoms with Gasteiger partial charge in [-0.05, 0) is 24.6 Å². The molecular formula is C14H20N4O2. The fourth-order valence-electron chi connectivity index (χ4n) is 1.34. The Labute approximate surface area is 118 Å². The molecule has 0 radical (unpaired) electrons. The van der Waals surface area contributed by atoms with E-state index >= 15 is 0 Å². The maximum absolute atomic E-state index is 11.0. The largest absolute Gasteiger partial charge is 0.453 e. The van der Waals surface area contributed by atoms with Gasteiger partial charge in [-0.15, -0.1) is 0 Å². The number of amides is 1. The highest BCUT2D eigenvalue weighted by Gasteiger charge is 2.00. The zero-order chi connectivity index (χ0) is 15.0. The Morgan fingerprint density at radius 2 is 2.05 bits per heavy atom. The molecule has 1 aromatic carbocycles. The van der Waals surface area contributed by atoms with E-state index in [4.69, 9.17) is 5.73 Å². The quantitative estimate of drug-likeness (QED) is 0.435. The minimum atomic E-state index is -0.496. The predicted molar refractivity (Wildman–Crippen MR) is 80.6 cm³/mol. The summed E-state index contributed by atoms with van der Waals surface area (Å²) in [6.45, 7) is 6.75. The second-order valence-electron chi connectivity index (χ2n) is 4.33. The van der Waals surface area contributed by atoms with Gasteiger partial charge in [-0.1, -0.05) is 24.3 Å². The third kappa shape index (κ3) is 5.90. The number of methoxy groups -OCH3 is 1. The van der Waals surface area contributed by atoms with Crippen LogP contribution in [0.2, 0.25) is 0 Å². The summed E-state index contributed by atoms with van der Waals surface area (Å²) < 4.78 is 4.51. The summed E-state index contributed by atoms with van der Waals surface area (Å²) in [4.78, 5) is 15.2. The summed E-state index contributed by atoms with van der Waals surface area (Å²) >= 11 is 0. The highest BCUT2D eigenvalue weighted by Crippen LogP contribution is 2.10. The van der Waals surface area contributed by atoms with E-state index in [1.54, 1.807) is 12.1 Å². The van der Waals surface area contributed by atoms with Gasteiger partial charge in [-0.2, -0.15) is 0 Å². The number of guanidine groups is 1. The molecule has 6 heteroatoms. The Morgan fingerprint density at radius 1 is 1.40 bits per heavy atom. The summed E-state index contributed by atoms with van der Waals surface area (Å²) in [6, 6.07) is 7.28. The number of hydrogen-bond donors (Lipinski definition) is 3. The Morgan fingerprint density at radius 3 is 2.60 bits per heavy atom. The third-order valence-corrected chi connectivity index (χ3v) is 2.39. The fraction of sp³-hybridized carbons (Fsp3) is 0.286. The molecule has 0 bridgehead atoms. The fourth-order valence-corrected chi connectivity index (χ4v) is 1.34. The maximum Gasteiger partial charge on any atom is 0.411 e. The zero-order valence-corrected chi connectivity index (χ0v) is 11.8. The van der Waals surface area contributed by atoms with Crippen LogP contribution in [0.15, 0.2) is 41.4 Å². The van der Waals surface area contributed by atoms with E-state index in [0.29, 0.717) is 24.7 Å². The Kier molecular flexibility index (Phi) is 6.09. The normalized spacial score (nSPS) is 10.8. The molecule has 1 aromatic rings. The van der Waals surface area contributed by atoms with Crippen LogP contribution in [0.4, 0.5) is 10.5 Å². The second kappa shape index (κ2) is 7.83. The molecule has 0 saturated carbocycles. The van der Waals surface area contributed by atoms with Crippen molar-refractivity contribution in [3.05, 3.63) is 42.0 Å². The first-order valence-electron chi connectivity index (χ1n) is 6.13. The molecule has 0 aromatic heterocycles. The lowest BCUT2D eigenvalue weighted by molar-refractivity contribution is 0.187. The first-order valence-corrected chi connectivity index (χ1v) is 6.13. The van der Waals surface area contributed by atoms with E-state index in [1.165, 1.54) is 7.11 Å². The van der Waals surface area contributed by atoms with Crippen LogP contribution < -0.4 is 16.4 Å². The van der Waals surface area contributed by atoms with Gasteiger partial charge in [-0.25, -0.2) is 9.79 Å². The zero-order valence-electron chi connectivity index (χ0n) is 11.8. The maximum atomic E-state index is 11.0. The number of nitrogens with zero attached hydrogens (tertiary/aromatic N) is 1. The third-order valence-electron chi connectivity index (χ3n) is 2.39. The second-order valence-corrected chi connectivity index (χ2v) is 4.33. The molecular weight excluding hydrogens is 256 g/mol. The van der Waals surface area contributed by atoms with Crippen molar-refractivity contribution >= 4 is 17.7 Å². The molecule has 108 valence electrons. The smallest absolute Gasteiger partial charge is 0.411 e. The molecule has 0 heterocycles. The first kappa shape index (κ1) is 15.6. The number of carbonyl (C=O) groups excluding carboxylic acids is 1. The Bertz CT molecular complexity index is 494. The lowest BCUT2D eigenvalue weighted by atomic mass is 10.2. The summed E-state index contributed by atoms with van der Waals surface area (Å²) in [5.41, 5.74) is 8.35. The minimum absolute atomic E-state index is 0.379. The number of anilines is 1. The molecule has 0 saturated heterocycles. The van der Waals surface area contributed by atoms with Crippen LogP contribution in [0.3, 0.4) is 0 Å². The SMILES string of the molecule is C=C(C)CNC(N)=NCc1ccc(NC(=O)OC)cc1. The van der Waals surface area contributed by atoms with Gasteiger partial charge in [0.15, 0.2) is 5.96 Å². The van der Waals surface area contributed by atoms with Crippen molar-refractivity contribution in [1.29, 1.82) is 0 Å². The van der Waals surface area contributed by atoms with Crippen molar-refractivity contribution in [2.45, 2.75) is 13.5 Å². The molecule has 1 amide bonds. The van der Waals surface area contributed by atoms with Gasteiger partial charge in [0.2, 0.25) is 0 Å². The molecule has 0 aliphatic heterocycles. The van der Waals surface area contributed by atoms with E-state index in [0.717, 1.165) is 11.1 Å². The van der Waals surface area contributed by atoms with Crippen LogP contribution in [0.5, 0.6) is 0 Å².